The van der Waals surface area contributed by atoms with Crippen molar-refractivity contribution in [2.45, 2.75) is 26.4 Å². The van der Waals surface area contributed by atoms with Crippen molar-refractivity contribution in [1.29, 1.82) is 0 Å². The molecule has 0 atom stereocenters. The van der Waals surface area contributed by atoms with Gasteiger partial charge in [-0.05, 0) is 19.9 Å². The van der Waals surface area contributed by atoms with E-state index in [9.17, 15) is 9.59 Å². The molecule has 0 radical (unpaired) electrons. The third-order valence-corrected chi connectivity index (χ3v) is 2.99. The normalized spacial score (nSPS) is 11.3. The Bertz CT molecular complexity index is 679. The van der Waals surface area contributed by atoms with Gasteiger partial charge in [0.15, 0.2) is 11.2 Å². The van der Waals surface area contributed by atoms with Gasteiger partial charge < -0.3 is 10.3 Å². The lowest BCUT2D eigenvalue weighted by molar-refractivity contribution is 0.560. The zero-order valence-corrected chi connectivity index (χ0v) is 10.6. The van der Waals surface area contributed by atoms with Gasteiger partial charge in [0, 0.05) is 20.1 Å². The highest BCUT2D eigenvalue weighted by atomic mass is 16.2. The van der Waals surface area contributed by atoms with E-state index in [1.165, 1.54) is 9.13 Å². The van der Waals surface area contributed by atoms with E-state index in [4.69, 9.17) is 5.73 Å². The Labute approximate surface area is 103 Å². The third kappa shape index (κ3) is 1.76. The van der Waals surface area contributed by atoms with Gasteiger partial charge in [0.1, 0.15) is 0 Å². The van der Waals surface area contributed by atoms with Crippen LogP contribution in [0.2, 0.25) is 0 Å². The van der Waals surface area contributed by atoms with Crippen molar-refractivity contribution in [2.24, 2.45) is 12.8 Å². The maximum atomic E-state index is 12.3. The number of rotatable bonds is 4. The van der Waals surface area contributed by atoms with E-state index in [1.807, 2.05) is 6.92 Å². The van der Waals surface area contributed by atoms with Crippen molar-refractivity contribution < 1.29 is 0 Å². The number of nitrogens with zero attached hydrogens (tertiary/aromatic N) is 4. The summed E-state index contributed by atoms with van der Waals surface area (Å²) in [5.41, 5.74) is 5.71. The molecule has 18 heavy (non-hydrogen) atoms. The fourth-order valence-corrected chi connectivity index (χ4v) is 2.04. The van der Waals surface area contributed by atoms with Crippen molar-refractivity contribution in [3.05, 3.63) is 27.2 Å². The minimum absolute atomic E-state index is 0.298. The minimum atomic E-state index is -0.317. The number of nitrogens with two attached hydrogens (primary N) is 1. The molecule has 0 unspecified atom stereocenters. The van der Waals surface area contributed by atoms with Crippen molar-refractivity contribution in [3.8, 4) is 0 Å². The number of fused-ring (bicyclic) bond motifs is 1. The molecular formula is C11H17N5O2. The number of aromatic nitrogens is 4. The Morgan fingerprint density at radius 2 is 2.06 bits per heavy atom. The molecule has 0 aromatic carbocycles. The Balaban J connectivity index is 2.82. The zero-order chi connectivity index (χ0) is 13.3. The summed E-state index contributed by atoms with van der Waals surface area (Å²) in [6.07, 6.45) is 2.15. The van der Waals surface area contributed by atoms with E-state index < -0.39 is 0 Å². The van der Waals surface area contributed by atoms with Crippen LogP contribution in [-0.4, -0.2) is 25.2 Å². The second-order valence-electron chi connectivity index (χ2n) is 4.15. The van der Waals surface area contributed by atoms with E-state index in [-0.39, 0.29) is 11.2 Å². The molecule has 7 nitrogen and oxygen atoms in total. The van der Waals surface area contributed by atoms with Gasteiger partial charge in [-0.15, -0.1) is 0 Å². The van der Waals surface area contributed by atoms with Crippen molar-refractivity contribution in [3.63, 3.8) is 0 Å². The fraction of sp³-hybridized carbons (Fsp3) is 0.545. The van der Waals surface area contributed by atoms with Crippen LogP contribution in [0, 0.1) is 0 Å². The highest BCUT2D eigenvalue weighted by molar-refractivity contribution is 5.69. The van der Waals surface area contributed by atoms with Crippen LogP contribution < -0.4 is 17.0 Å². The lowest BCUT2D eigenvalue weighted by Crippen LogP contribution is -2.40. The maximum Gasteiger partial charge on any atom is 0.332 e. The second kappa shape index (κ2) is 4.77. The van der Waals surface area contributed by atoms with Crippen LogP contribution in [0.15, 0.2) is 15.9 Å². The average Bonchev–Trinajstić information content (AvgIpc) is 2.72. The molecule has 0 aliphatic heterocycles. The molecule has 0 bridgehead atoms. The zero-order valence-electron chi connectivity index (χ0n) is 10.6. The number of hydrogen-bond acceptors (Lipinski definition) is 4. The first-order valence-electron chi connectivity index (χ1n) is 5.96. The maximum absolute atomic E-state index is 12.3. The van der Waals surface area contributed by atoms with E-state index in [0.29, 0.717) is 37.2 Å². The molecule has 2 aromatic heterocycles. The summed E-state index contributed by atoms with van der Waals surface area (Å²) in [5, 5.41) is 0. The van der Waals surface area contributed by atoms with Crippen LogP contribution >= 0.6 is 0 Å². The highest BCUT2D eigenvalue weighted by Gasteiger charge is 2.15. The van der Waals surface area contributed by atoms with Crippen LogP contribution in [0.25, 0.3) is 11.2 Å². The largest absolute Gasteiger partial charge is 0.332 e. The molecule has 0 aliphatic carbocycles. The van der Waals surface area contributed by atoms with Crippen molar-refractivity contribution >= 4 is 11.2 Å². The quantitative estimate of drug-likeness (QED) is 0.775. The molecule has 7 heteroatoms. The van der Waals surface area contributed by atoms with E-state index in [2.05, 4.69) is 4.98 Å². The number of imidazole rings is 1. The first-order chi connectivity index (χ1) is 8.61. The Kier molecular flexibility index (Phi) is 3.33. The summed E-state index contributed by atoms with van der Waals surface area (Å²) in [5.74, 6) is 0. The molecule has 0 aliphatic rings. The molecule has 2 aromatic rings. The van der Waals surface area contributed by atoms with Crippen LogP contribution in [0.5, 0.6) is 0 Å². The van der Waals surface area contributed by atoms with Crippen LogP contribution in [-0.2, 0) is 20.1 Å². The number of aryl methyl sites for hydroxylation is 2. The molecule has 98 valence electrons. The average molecular weight is 251 g/mol. The van der Waals surface area contributed by atoms with Gasteiger partial charge in [-0.3, -0.25) is 13.9 Å². The van der Waals surface area contributed by atoms with Crippen LogP contribution in [0.4, 0.5) is 0 Å². The monoisotopic (exact) mass is 251 g/mol. The Hall–Kier alpha value is -1.89. The van der Waals surface area contributed by atoms with Gasteiger partial charge in [0.25, 0.3) is 5.56 Å². The van der Waals surface area contributed by atoms with Crippen molar-refractivity contribution in [1.82, 2.24) is 18.7 Å². The standard InChI is InChI=1S/C11H17N5O2/c1-3-15-9-8(14(2)7-13-9)10(17)16(11(15)18)6-4-5-12/h7H,3-6,12H2,1-2H3. The molecular weight excluding hydrogens is 234 g/mol. The summed E-state index contributed by atoms with van der Waals surface area (Å²) >= 11 is 0. The van der Waals surface area contributed by atoms with E-state index >= 15 is 0 Å². The highest BCUT2D eigenvalue weighted by Crippen LogP contribution is 2.04. The molecule has 2 heterocycles. The van der Waals surface area contributed by atoms with Gasteiger partial charge in [0.05, 0.1) is 6.33 Å². The van der Waals surface area contributed by atoms with Crippen molar-refractivity contribution in [2.75, 3.05) is 6.54 Å². The van der Waals surface area contributed by atoms with E-state index in [0.717, 1.165) is 0 Å². The molecule has 0 saturated heterocycles. The summed E-state index contributed by atoms with van der Waals surface area (Å²) in [4.78, 5) is 28.6. The fourth-order valence-electron chi connectivity index (χ4n) is 2.04. The lowest BCUT2D eigenvalue weighted by Gasteiger charge is -2.09. The molecule has 0 fully saturated rings. The van der Waals surface area contributed by atoms with E-state index in [1.54, 1.807) is 17.9 Å². The molecule has 2 N–H and O–H groups in total. The summed E-state index contributed by atoms with van der Waals surface area (Å²) in [6, 6.07) is 0. The Morgan fingerprint density at radius 3 is 2.67 bits per heavy atom. The summed E-state index contributed by atoms with van der Waals surface area (Å²) < 4.78 is 4.38. The molecule has 2 rings (SSSR count). The van der Waals surface area contributed by atoms with Gasteiger partial charge >= 0.3 is 5.69 Å². The number of hydrogen-bond donors (Lipinski definition) is 1. The topological polar surface area (TPSA) is 87.8 Å². The van der Waals surface area contributed by atoms with Gasteiger partial charge in [0.2, 0.25) is 0 Å². The third-order valence-electron chi connectivity index (χ3n) is 2.99. The summed E-state index contributed by atoms with van der Waals surface area (Å²) in [6.45, 7) is 3.12. The minimum Gasteiger partial charge on any atom is -0.330 e. The first-order valence-corrected chi connectivity index (χ1v) is 5.96. The second-order valence-corrected chi connectivity index (χ2v) is 4.15. The lowest BCUT2D eigenvalue weighted by atomic mass is 10.4. The predicted molar refractivity (Wildman–Crippen MR) is 68.6 cm³/mol. The molecule has 0 amide bonds. The van der Waals surface area contributed by atoms with Crippen LogP contribution in [0.3, 0.4) is 0 Å². The van der Waals surface area contributed by atoms with Crippen LogP contribution in [0.1, 0.15) is 13.3 Å². The molecule has 0 saturated carbocycles. The smallest absolute Gasteiger partial charge is 0.330 e. The van der Waals surface area contributed by atoms with Gasteiger partial charge in [-0.1, -0.05) is 0 Å². The first kappa shape index (κ1) is 12.6. The van der Waals surface area contributed by atoms with Gasteiger partial charge in [-0.2, -0.15) is 0 Å². The predicted octanol–water partition coefficient (Wildman–Crippen LogP) is -0.735. The SMILES string of the molecule is CCn1c(=O)n(CCCN)c(=O)c2c1ncn2C. The molecule has 0 spiro atoms. The van der Waals surface area contributed by atoms with Gasteiger partial charge in [-0.25, -0.2) is 9.78 Å². The summed E-state index contributed by atoms with van der Waals surface area (Å²) in [7, 11) is 1.74. The Morgan fingerprint density at radius 1 is 1.33 bits per heavy atom.